The molecule has 2 aromatic rings. The van der Waals surface area contributed by atoms with E-state index in [-0.39, 0.29) is 5.03 Å². The molecule has 0 fully saturated rings. The Bertz CT molecular complexity index is 565. The Balaban J connectivity index is 2.22. The number of thiophene rings is 1. The highest BCUT2D eigenvalue weighted by Gasteiger charge is 2.21. The summed E-state index contributed by atoms with van der Waals surface area (Å²) in [6.45, 7) is 0.363. The maximum absolute atomic E-state index is 12.1. The normalized spacial score (nSPS) is 11.9. The number of hydrogen-bond acceptors (Lipinski definition) is 4. The van der Waals surface area contributed by atoms with Crippen molar-refractivity contribution in [1.29, 1.82) is 0 Å². The fourth-order valence-electron chi connectivity index (χ4n) is 1.38. The highest BCUT2D eigenvalue weighted by atomic mass is 32.2. The van der Waals surface area contributed by atoms with Gasteiger partial charge in [0.1, 0.15) is 0 Å². The average Bonchev–Trinajstić information content (AvgIpc) is 2.83. The molecule has 0 aliphatic heterocycles. The van der Waals surface area contributed by atoms with Gasteiger partial charge in [0.15, 0.2) is 5.03 Å². The minimum atomic E-state index is -3.49. The van der Waals surface area contributed by atoms with Gasteiger partial charge in [-0.05, 0) is 34.5 Å². The quantitative estimate of drug-likeness (QED) is 0.851. The van der Waals surface area contributed by atoms with Crippen molar-refractivity contribution in [3.63, 3.8) is 0 Å². The van der Waals surface area contributed by atoms with E-state index in [4.69, 9.17) is 0 Å². The summed E-state index contributed by atoms with van der Waals surface area (Å²) in [7, 11) is -1.93. The van der Waals surface area contributed by atoms with Crippen LogP contribution in [0.3, 0.4) is 0 Å². The molecular weight excluding hydrogens is 256 g/mol. The molecule has 0 saturated carbocycles. The number of hydrogen-bond donors (Lipinski definition) is 0. The molecule has 90 valence electrons. The van der Waals surface area contributed by atoms with Crippen LogP contribution in [0.2, 0.25) is 0 Å². The average molecular weight is 268 g/mol. The minimum absolute atomic E-state index is 0.0812. The van der Waals surface area contributed by atoms with Crippen molar-refractivity contribution >= 4 is 21.4 Å². The molecule has 2 rings (SSSR count). The third-order valence-electron chi connectivity index (χ3n) is 2.30. The standard InChI is InChI=1S/C11H12N2O2S2/c1-13(8-10-5-7-16-9-10)17(14,15)11-4-2-3-6-12-11/h2-7,9H,8H2,1H3. The Kier molecular flexibility index (Phi) is 3.56. The predicted octanol–water partition coefficient (Wildman–Crippen LogP) is 1.96. The van der Waals surface area contributed by atoms with Crippen molar-refractivity contribution < 1.29 is 8.42 Å². The van der Waals surface area contributed by atoms with Gasteiger partial charge in [-0.1, -0.05) is 6.07 Å². The molecule has 0 aliphatic carbocycles. The lowest BCUT2D eigenvalue weighted by Gasteiger charge is -2.15. The molecule has 4 nitrogen and oxygen atoms in total. The Morgan fingerprint density at radius 2 is 2.18 bits per heavy atom. The van der Waals surface area contributed by atoms with E-state index in [0.29, 0.717) is 6.54 Å². The second-order valence-corrected chi connectivity index (χ2v) is 6.33. The Morgan fingerprint density at radius 1 is 1.35 bits per heavy atom. The summed E-state index contributed by atoms with van der Waals surface area (Å²) in [4.78, 5) is 3.87. The van der Waals surface area contributed by atoms with Crippen LogP contribution in [-0.4, -0.2) is 24.8 Å². The van der Waals surface area contributed by atoms with Crippen molar-refractivity contribution in [1.82, 2.24) is 9.29 Å². The molecule has 17 heavy (non-hydrogen) atoms. The van der Waals surface area contributed by atoms with E-state index in [1.54, 1.807) is 30.5 Å². The molecule has 0 saturated heterocycles. The molecule has 0 spiro atoms. The lowest BCUT2D eigenvalue weighted by atomic mass is 10.3. The lowest BCUT2D eigenvalue weighted by molar-refractivity contribution is 0.464. The topological polar surface area (TPSA) is 50.3 Å². The third kappa shape index (κ3) is 2.71. The van der Waals surface area contributed by atoms with Gasteiger partial charge in [0, 0.05) is 19.8 Å². The van der Waals surface area contributed by atoms with E-state index in [1.807, 2.05) is 16.8 Å². The monoisotopic (exact) mass is 268 g/mol. The van der Waals surface area contributed by atoms with Crippen LogP contribution in [0.25, 0.3) is 0 Å². The SMILES string of the molecule is CN(Cc1ccsc1)S(=O)(=O)c1ccccn1. The number of nitrogens with zero attached hydrogens (tertiary/aromatic N) is 2. The van der Waals surface area contributed by atoms with Gasteiger partial charge in [-0.3, -0.25) is 0 Å². The van der Waals surface area contributed by atoms with Crippen LogP contribution >= 0.6 is 11.3 Å². The Morgan fingerprint density at radius 3 is 2.76 bits per heavy atom. The van der Waals surface area contributed by atoms with Crippen LogP contribution in [0.4, 0.5) is 0 Å². The first-order valence-corrected chi connectivity index (χ1v) is 7.37. The van der Waals surface area contributed by atoms with Gasteiger partial charge in [-0.25, -0.2) is 13.4 Å². The molecule has 0 atom stereocenters. The molecule has 0 unspecified atom stereocenters. The van der Waals surface area contributed by atoms with Crippen LogP contribution in [0.5, 0.6) is 0 Å². The molecule has 0 aromatic carbocycles. The van der Waals surface area contributed by atoms with Crippen molar-refractivity contribution in [2.45, 2.75) is 11.6 Å². The van der Waals surface area contributed by atoms with Gasteiger partial charge in [0.05, 0.1) is 0 Å². The van der Waals surface area contributed by atoms with Gasteiger partial charge in [-0.2, -0.15) is 15.6 Å². The molecule has 0 aliphatic rings. The van der Waals surface area contributed by atoms with Crippen LogP contribution in [0, 0.1) is 0 Å². The summed E-state index contributed by atoms with van der Waals surface area (Å²) < 4.78 is 25.6. The molecule has 6 heteroatoms. The minimum Gasteiger partial charge on any atom is -0.243 e. The van der Waals surface area contributed by atoms with Crippen LogP contribution < -0.4 is 0 Å². The molecule has 2 heterocycles. The Hall–Kier alpha value is -1.24. The van der Waals surface area contributed by atoms with Gasteiger partial charge in [0.25, 0.3) is 10.0 Å². The first-order chi connectivity index (χ1) is 8.10. The summed E-state index contributed by atoms with van der Waals surface area (Å²) in [6.07, 6.45) is 1.48. The molecular formula is C11H12N2O2S2. The molecule has 0 amide bonds. The zero-order valence-corrected chi connectivity index (χ0v) is 10.9. The van der Waals surface area contributed by atoms with Crippen LogP contribution in [0.1, 0.15) is 5.56 Å². The first kappa shape index (κ1) is 12.2. The number of rotatable bonds is 4. The van der Waals surface area contributed by atoms with Crippen LogP contribution in [0.15, 0.2) is 46.2 Å². The van der Waals surface area contributed by atoms with E-state index in [9.17, 15) is 8.42 Å². The zero-order valence-electron chi connectivity index (χ0n) is 9.28. The fourth-order valence-corrected chi connectivity index (χ4v) is 3.13. The number of aromatic nitrogens is 1. The maximum atomic E-state index is 12.1. The smallest absolute Gasteiger partial charge is 0.243 e. The summed E-state index contributed by atoms with van der Waals surface area (Å²) in [6, 6.07) is 6.77. The second kappa shape index (κ2) is 4.95. The van der Waals surface area contributed by atoms with Crippen molar-refractivity contribution in [3.05, 3.63) is 46.8 Å². The van der Waals surface area contributed by atoms with E-state index < -0.39 is 10.0 Å². The van der Waals surface area contributed by atoms with E-state index in [0.717, 1.165) is 5.56 Å². The number of sulfonamides is 1. The van der Waals surface area contributed by atoms with Crippen molar-refractivity contribution in [3.8, 4) is 0 Å². The molecule has 0 radical (unpaired) electrons. The third-order valence-corrected chi connectivity index (χ3v) is 4.75. The van der Waals surface area contributed by atoms with Gasteiger partial charge >= 0.3 is 0 Å². The summed E-state index contributed by atoms with van der Waals surface area (Å²) >= 11 is 1.55. The first-order valence-electron chi connectivity index (χ1n) is 4.99. The van der Waals surface area contributed by atoms with E-state index >= 15 is 0 Å². The van der Waals surface area contributed by atoms with Crippen molar-refractivity contribution in [2.24, 2.45) is 0 Å². The number of pyridine rings is 1. The van der Waals surface area contributed by atoms with Gasteiger partial charge in [0.2, 0.25) is 0 Å². The highest BCUT2D eigenvalue weighted by Crippen LogP contribution is 2.15. The Labute approximate surface area is 105 Å². The fraction of sp³-hybridized carbons (Fsp3) is 0.182. The molecule has 0 bridgehead atoms. The van der Waals surface area contributed by atoms with Gasteiger partial charge in [-0.15, -0.1) is 0 Å². The predicted molar refractivity (Wildman–Crippen MR) is 67.2 cm³/mol. The van der Waals surface area contributed by atoms with Crippen molar-refractivity contribution in [2.75, 3.05) is 7.05 Å². The van der Waals surface area contributed by atoms with E-state index in [2.05, 4.69) is 4.98 Å². The summed E-state index contributed by atoms with van der Waals surface area (Å²) in [5, 5.41) is 3.94. The maximum Gasteiger partial charge on any atom is 0.260 e. The zero-order chi connectivity index (χ0) is 12.3. The summed E-state index contributed by atoms with van der Waals surface area (Å²) in [5.74, 6) is 0. The van der Waals surface area contributed by atoms with Gasteiger partial charge < -0.3 is 0 Å². The highest BCUT2D eigenvalue weighted by molar-refractivity contribution is 7.89. The second-order valence-electron chi connectivity index (χ2n) is 3.56. The molecule has 2 aromatic heterocycles. The lowest BCUT2D eigenvalue weighted by Crippen LogP contribution is -2.26. The largest absolute Gasteiger partial charge is 0.260 e. The van der Waals surface area contributed by atoms with E-state index in [1.165, 1.54) is 16.6 Å². The van der Waals surface area contributed by atoms with Crippen LogP contribution in [-0.2, 0) is 16.6 Å². The molecule has 0 N–H and O–H groups in total. The summed E-state index contributed by atoms with van der Waals surface area (Å²) in [5.41, 5.74) is 0.983.